The second-order valence-electron chi connectivity index (χ2n) is 3.08. The number of ether oxygens (including phenoxy) is 1. The molecule has 0 bridgehead atoms. The number of carbonyl (C=O) groups excluding carboxylic acids is 1. The normalized spacial score (nSPS) is 16.4. The van der Waals surface area contributed by atoms with Crippen LogP contribution in [0.1, 0.15) is 5.56 Å². The van der Waals surface area contributed by atoms with E-state index < -0.39 is 0 Å². The number of rotatable bonds is 0. The van der Waals surface area contributed by atoms with Crippen LogP contribution < -0.4 is 4.90 Å². The van der Waals surface area contributed by atoms with Gasteiger partial charge in [-0.15, -0.1) is 0 Å². The summed E-state index contributed by atoms with van der Waals surface area (Å²) in [5, 5.41) is 0. The predicted molar refractivity (Wildman–Crippen MR) is 55.0 cm³/mol. The minimum atomic E-state index is -0.0708. The highest BCUT2D eigenvalue weighted by atomic mass is 79.9. The van der Waals surface area contributed by atoms with E-state index in [9.17, 15) is 4.79 Å². The van der Waals surface area contributed by atoms with Gasteiger partial charge in [-0.25, -0.2) is 4.98 Å². The Labute approximate surface area is 90.0 Å². The van der Waals surface area contributed by atoms with Crippen molar-refractivity contribution in [2.45, 2.75) is 6.61 Å². The van der Waals surface area contributed by atoms with Crippen LogP contribution in [-0.4, -0.2) is 24.5 Å². The number of pyridine rings is 1. The SMILES string of the molecule is CN1C(=O)COCc2cc(Br)cnc21. The summed E-state index contributed by atoms with van der Waals surface area (Å²) < 4.78 is 6.10. The van der Waals surface area contributed by atoms with Crippen molar-refractivity contribution in [3.63, 3.8) is 0 Å². The zero-order valence-corrected chi connectivity index (χ0v) is 9.24. The van der Waals surface area contributed by atoms with Gasteiger partial charge in [-0.1, -0.05) is 0 Å². The highest BCUT2D eigenvalue weighted by Crippen LogP contribution is 2.23. The van der Waals surface area contributed by atoms with Gasteiger partial charge < -0.3 is 4.74 Å². The zero-order chi connectivity index (χ0) is 10.1. The highest BCUT2D eigenvalue weighted by molar-refractivity contribution is 9.10. The average molecular weight is 257 g/mol. The molecule has 0 saturated heterocycles. The van der Waals surface area contributed by atoms with Crippen LogP contribution in [-0.2, 0) is 16.1 Å². The summed E-state index contributed by atoms with van der Waals surface area (Å²) in [6, 6.07) is 1.91. The summed E-state index contributed by atoms with van der Waals surface area (Å²) in [6.45, 7) is 0.544. The third-order valence-corrected chi connectivity index (χ3v) is 2.52. The lowest BCUT2D eigenvalue weighted by molar-refractivity contribution is -0.122. The summed E-state index contributed by atoms with van der Waals surface area (Å²) in [7, 11) is 1.71. The largest absolute Gasteiger partial charge is 0.367 e. The van der Waals surface area contributed by atoms with Crippen molar-refractivity contribution in [3.8, 4) is 0 Å². The van der Waals surface area contributed by atoms with Gasteiger partial charge >= 0.3 is 0 Å². The number of hydrogen-bond acceptors (Lipinski definition) is 3. The minimum Gasteiger partial charge on any atom is -0.367 e. The molecule has 1 aliphatic heterocycles. The molecule has 1 aromatic heterocycles. The molecule has 2 heterocycles. The van der Waals surface area contributed by atoms with Crippen LogP contribution in [0.15, 0.2) is 16.7 Å². The molecular formula is C9H9BrN2O2. The third kappa shape index (κ3) is 1.65. The van der Waals surface area contributed by atoms with E-state index in [1.807, 2.05) is 6.07 Å². The van der Waals surface area contributed by atoms with Crippen LogP contribution in [0.3, 0.4) is 0 Å². The summed E-state index contributed by atoms with van der Waals surface area (Å²) >= 11 is 3.33. The maximum Gasteiger partial charge on any atom is 0.253 e. The number of anilines is 1. The molecule has 0 aromatic carbocycles. The van der Waals surface area contributed by atoms with Gasteiger partial charge in [0.1, 0.15) is 12.4 Å². The van der Waals surface area contributed by atoms with Gasteiger partial charge in [-0.05, 0) is 22.0 Å². The molecule has 0 unspecified atom stereocenters. The lowest BCUT2D eigenvalue weighted by atomic mass is 10.2. The Bertz CT molecular complexity index is 381. The van der Waals surface area contributed by atoms with Crippen LogP contribution in [0, 0.1) is 0 Å². The predicted octanol–water partition coefficient (Wildman–Crippen LogP) is 1.34. The Balaban J connectivity index is 2.48. The molecule has 0 radical (unpaired) electrons. The molecular weight excluding hydrogens is 248 g/mol. The van der Waals surface area contributed by atoms with E-state index in [0.717, 1.165) is 10.0 Å². The van der Waals surface area contributed by atoms with Crippen molar-refractivity contribution < 1.29 is 9.53 Å². The van der Waals surface area contributed by atoms with Crippen molar-refractivity contribution in [2.75, 3.05) is 18.6 Å². The van der Waals surface area contributed by atoms with Crippen LogP contribution in [0.5, 0.6) is 0 Å². The van der Waals surface area contributed by atoms with Gasteiger partial charge in [0.2, 0.25) is 0 Å². The second kappa shape index (κ2) is 3.67. The number of amides is 1. The number of aromatic nitrogens is 1. The molecule has 2 rings (SSSR count). The fourth-order valence-electron chi connectivity index (χ4n) is 1.35. The van der Waals surface area contributed by atoms with Gasteiger partial charge in [-0.2, -0.15) is 0 Å². The second-order valence-corrected chi connectivity index (χ2v) is 4.00. The van der Waals surface area contributed by atoms with Crippen LogP contribution in [0.25, 0.3) is 0 Å². The van der Waals surface area contributed by atoms with E-state index in [-0.39, 0.29) is 12.5 Å². The fraction of sp³-hybridized carbons (Fsp3) is 0.333. The van der Waals surface area contributed by atoms with E-state index in [1.54, 1.807) is 13.2 Å². The number of nitrogens with zero attached hydrogens (tertiary/aromatic N) is 2. The lowest BCUT2D eigenvalue weighted by Crippen LogP contribution is -2.29. The monoisotopic (exact) mass is 256 g/mol. The van der Waals surface area contributed by atoms with Crippen molar-refractivity contribution in [1.82, 2.24) is 4.98 Å². The minimum absolute atomic E-state index is 0.0708. The highest BCUT2D eigenvalue weighted by Gasteiger charge is 2.20. The van der Waals surface area contributed by atoms with Gasteiger partial charge in [0.15, 0.2) is 0 Å². The molecule has 74 valence electrons. The molecule has 0 N–H and O–H groups in total. The van der Waals surface area contributed by atoms with Crippen molar-refractivity contribution in [3.05, 3.63) is 22.3 Å². The molecule has 0 fully saturated rings. The fourth-order valence-corrected chi connectivity index (χ4v) is 1.72. The number of carbonyl (C=O) groups is 1. The molecule has 0 atom stereocenters. The molecule has 5 heteroatoms. The maximum atomic E-state index is 11.4. The Morgan fingerprint density at radius 3 is 3.14 bits per heavy atom. The Hall–Kier alpha value is -0.940. The summed E-state index contributed by atoms with van der Waals surface area (Å²) in [5.74, 6) is 0.606. The topological polar surface area (TPSA) is 42.4 Å². The van der Waals surface area contributed by atoms with Crippen molar-refractivity contribution in [1.29, 1.82) is 0 Å². The molecule has 1 aromatic rings. The molecule has 0 spiro atoms. The molecule has 1 aliphatic rings. The van der Waals surface area contributed by atoms with Gasteiger partial charge in [0, 0.05) is 23.3 Å². The van der Waals surface area contributed by atoms with E-state index in [2.05, 4.69) is 20.9 Å². The van der Waals surface area contributed by atoms with E-state index in [0.29, 0.717) is 12.4 Å². The quantitative estimate of drug-likeness (QED) is 0.704. The standard InChI is InChI=1S/C9H9BrN2O2/c1-12-8(13)5-14-4-6-2-7(10)3-11-9(6)12/h2-3H,4-5H2,1H3. The van der Waals surface area contributed by atoms with Crippen molar-refractivity contribution in [2.24, 2.45) is 0 Å². The molecule has 14 heavy (non-hydrogen) atoms. The Kier molecular flexibility index (Phi) is 2.52. The van der Waals surface area contributed by atoms with Gasteiger partial charge in [0.05, 0.1) is 6.61 Å². The average Bonchev–Trinajstić information content (AvgIpc) is 2.28. The molecule has 0 aliphatic carbocycles. The molecule has 0 saturated carbocycles. The van der Waals surface area contributed by atoms with Gasteiger partial charge in [-0.3, -0.25) is 9.69 Å². The summed E-state index contributed by atoms with van der Waals surface area (Å²) in [4.78, 5) is 17.1. The lowest BCUT2D eigenvalue weighted by Gasteiger charge is -2.14. The van der Waals surface area contributed by atoms with Crippen LogP contribution >= 0.6 is 15.9 Å². The first-order valence-corrected chi connectivity index (χ1v) is 4.96. The Morgan fingerprint density at radius 1 is 1.57 bits per heavy atom. The molecule has 1 amide bonds. The van der Waals surface area contributed by atoms with Crippen molar-refractivity contribution >= 4 is 27.7 Å². The van der Waals surface area contributed by atoms with Crippen LogP contribution in [0.2, 0.25) is 0 Å². The van der Waals surface area contributed by atoms with E-state index in [4.69, 9.17) is 4.74 Å². The van der Waals surface area contributed by atoms with E-state index >= 15 is 0 Å². The third-order valence-electron chi connectivity index (χ3n) is 2.08. The first-order valence-electron chi connectivity index (χ1n) is 4.17. The van der Waals surface area contributed by atoms with Crippen LogP contribution in [0.4, 0.5) is 5.82 Å². The zero-order valence-electron chi connectivity index (χ0n) is 7.66. The summed E-state index contributed by atoms with van der Waals surface area (Å²) in [6.07, 6.45) is 1.67. The maximum absolute atomic E-state index is 11.4. The molecule has 4 nitrogen and oxygen atoms in total. The first-order chi connectivity index (χ1) is 6.68. The summed E-state index contributed by atoms with van der Waals surface area (Å²) in [5.41, 5.74) is 0.924. The number of fused-ring (bicyclic) bond motifs is 1. The van der Waals surface area contributed by atoms with Gasteiger partial charge in [0.25, 0.3) is 5.91 Å². The number of likely N-dealkylation sites (N-methyl/N-ethyl adjacent to an activating group) is 1. The first kappa shape index (κ1) is 9.61. The Morgan fingerprint density at radius 2 is 2.36 bits per heavy atom. The number of hydrogen-bond donors (Lipinski definition) is 0. The van der Waals surface area contributed by atoms with E-state index in [1.165, 1.54) is 4.90 Å². The smallest absolute Gasteiger partial charge is 0.253 e. The number of halogens is 1.